The molecule has 4 aliphatic rings. The van der Waals surface area contributed by atoms with Crippen molar-refractivity contribution in [2.24, 2.45) is 47.3 Å². The molecule has 0 aliphatic heterocycles. The molecule has 2 aromatic carbocycles. The van der Waals surface area contributed by atoms with Gasteiger partial charge in [0.05, 0.1) is 45.8 Å². The number of carbonyl (C=O) groups is 6. The van der Waals surface area contributed by atoms with Crippen molar-refractivity contribution in [1.29, 1.82) is 0 Å². The first-order valence-electron chi connectivity index (χ1n) is 22.5. The second-order valence-electron chi connectivity index (χ2n) is 18.6. The van der Waals surface area contributed by atoms with Gasteiger partial charge in [-0.1, -0.05) is 36.4 Å². The number of nitrogens with one attached hydrogen (secondary N) is 3. The van der Waals surface area contributed by atoms with Crippen LogP contribution in [0.4, 0.5) is 0 Å². The van der Waals surface area contributed by atoms with Crippen molar-refractivity contribution in [1.82, 2.24) is 35.7 Å². The molecule has 0 radical (unpaired) electrons. The van der Waals surface area contributed by atoms with Gasteiger partial charge in [0.25, 0.3) is 0 Å². The van der Waals surface area contributed by atoms with Gasteiger partial charge in [-0.25, -0.2) is 19.6 Å². The third-order valence-electron chi connectivity index (χ3n) is 13.9. The van der Waals surface area contributed by atoms with Crippen LogP contribution in [0.2, 0.25) is 0 Å². The fourth-order valence-corrected chi connectivity index (χ4v) is 11.1. The summed E-state index contributed by atoms with van der Waals surface area (Å²) in [7, 11) is 7.73. The van der Waals surface area contributed by atoms with E-state index in [1.807, 2.05) is 38.0 Å². The van der Waals surface area contributed by atoms with E-state index in [1.165, 1.54) is 12.1 Å². The predicted molar refractivity (Wildman–Crippen MR) is 244 cm³/mol. The minimum atomic E-state index is -1.05. The van der Waals surface area contributed by atoms with Crippen LogP contribution in [0.1, 0.15) is 59.2 Å². The van der Waals surface area contributed by atoms with Crippen LogP contribution in [0.25, 0.3) is 21.8 Å². The molecule has 352 valence electrons. The van der Waals surface area contributed by atoms with Crippen molar-refractivity contribution in [3.8, 4) is 11.8 Å². The van der Waals surface area contributed by atoms with E-state index in [-0.39, 0.29) is 58.9 Å². The van der Waals surface area contributed by atoms with Crippen LogP contribution in [0.15, 0.2) is 60.7 Å². The first kappa shape index (κ1) is 48.0. The molecular formula is C48H58ClN7O10. The molecule has 10 unspecified atom stereocenters. The van der Waals surface area contributed by atoms with E-state index in [2.05, 4.69) is 25.9 Å². The van der Waals surface area contributed by atoms with Crippen molar-refractivity contribution in [2.75, 3.05) is 54.4 Å². The summed E-state index contributed by atoms with van der Waals surface area (Å²) in [4.78, 5) is 97.2. The highest BCUT2D eigenvalue weighted by molar-refractivity contribution is 6.05. The Morgan fingerprint density at radius 2 is 0.985 bits per heavy atom. The lowest BCUT2D eigenvalue weighted by Crippen LogP contribution is -2.53. The van der Waals surface area contributed by atoms with E-state index < -0.39 is 71.5 Å². The van der Waals surface area contributed by atoms with Crippen LogP contribution < -0.4 is 16.0 Å². The highest BCUT2D eigenvalue weighted by atomic mass is 35.5. The molecule has 17 nitrogen and oxygen atoms in total. The van der Waals surface area contributed by atoms with E-state index in [9.17, 15) is 39.0 Å². The maximum Gasteiger partial charge on any atom is 0.339 e. The number of nitrogens with zero attached hydrogens (tertiary/aromatic N) is 4. The van der Waals surface area contributed by atoms with Gasteiger partial charge < -0.3 is 40.1 Å². The lowest BCUT2D eigenvalue weighted by Gasteiger charge is -2.36. The van der Waals surface area contributed by atoms with Crippen LogP contribution in [0.3, 0.4) is 0 Å². The number of fused-ring (bicyclic) bond motifs is 6. The number of rotatable bonds is 16. The smallest absolute Gasteiger partial charge is 0.339 e. The fraction of sp³-hybridized carbons (Fsp3) is 0.500. The number of benzene rings is 2. The number of hydrogen-bond acceptors (Lipinski definition) is 14. The molecule has 18 heteroatoms. The van der Waals surface area contributed by atoms with Gasteiger partial charge in [0.15, 0.2) is 0 Å². The number of halogens is 1. The molecule has 2 heterocycles. The molecule has 4 amide bonds. The quantitative estimate of drug-likeness (QED) is 0.0614. The highest BCUT2D eigenvalue weighted by Crippen LogP contribution is 2.56. The molecule has 0 saturated heterocycles. The number of esters is 2. The van der Waals surface area contributed by atoms with Gasteiger partial charge in [0, 0.05) is 47.8 Å². The largest absolute Gasteiger partial charge is 0.493 e. The summed E-state index contributed by atoms with van der Waals surface area (Å²) in [5.74, 6) is -9.84. The summed E-state index contributed by atoms with van der Waals surface area (Å²) < 4.78 is 12.2. The summed E-state index contributed by atoms with van der Waals surface area (Å²) >= 11 is 0. The monoisotopic (exact) mass is 927 g/mol. The Hall–Kier alpha value is -5.91. The molecular weight excluding hydrogens is 870 g/mol. The number of imide groups is 1. The summed E-state index contributed by atoms with van der Waals surface area (Å²) in [5.41, 5.74) is 1.01. The van der Waals surface area contributed by atoms with Crippen molar-refractivity contribution in [2.45, 2.75) is 50.7 Å². The fourth-order valence-electron chi connectivity index (χ4n) is 11.1. The third-order valence-corrected chi connectivity index (χ3v) is 13.9. The zero-order valence-corrected chi connectivity index (χ0v) is 38.3. The number of ether oxygens (including phenoxy) is 2. The molecule has 0 spiro atoms. The maximum atomic E-state index is 14.7. The van der Waals surface area contributed by atoms with Gasteiger partial charge in [0.1, 0.15) is 12.2 Å². The standard InChI is InChI=1S/C48H57N7O10.ClH/c1-54(2)17-9-15-49-43(58)39-25-19-31(35(21-25)64-47(62)29-23-37(56)51-33-13-7-5-11-27(29)33)41(39)45(60)53-46(61)42-32-20-26(40(42)44(59)50-16-10-18-55(3)4)22-36(32)65-48(63)30-24-38(57)52-34-14-8-6-12-28(30)34;/h5-8,11-14,23-26,31-32,35-36,39-42H,9-10,15-22H2,1-4H3,(H,49,58)(H,50,59)(H,51,56)(H,52,57)(H,53,60,61);1H. The Labute approximate surface area is 388 Å². The summed E-state index contributed by atoms with van der Waals surface area (Å²) in [6, 6.07) is 16.1. The van der Waals surface area contributed by atoms with Gasteiger partial charge in [0.2, 0.25) is 35.4 Å². The number of pyridine rings is 2. The predicted octanol–water partition coefficient (Wildman–Crippen LogP) is 3.69. The molecule has 10 atom stereocenters. The molecule has 4 saturated carbocycles. The number of amides is 4. The Morgan fingerprint density at radius 3 is 1.38 bits per heavy atom. The van der Waals surface area contributed by atoms with Crippen LogP contribution >= 0.6 is 12.4 Å². The molecule has 8 rings (SSSR count). The molecule has 4 aromatic rings. The minimum Gasteiger partial charge on any atom is -0.493 e. The average molecular weight is 928 g/mol. The van der Waals surface area contributed by atoms with Gasteiger partial charge in [-0.3, -0.25) is 24.5 Å². The summed E-state index contributed by atoms with van der Waals surface area (Å²) in [5, 5.41) is 30.3. The number of aromatic nitrogens is 2. The highest BCUT2D eigenvalue weighted by Gasteiger charge is 2.62. The first-order chi connectivity index (χ1) is 31.2. The van der Waals surface area contributed by atoms with Crippen LogP contribution in [-0.4, -0.2) is 132 Å². The molecule has 66 heavy (non-hydrogen) atoms. The molecule has 2 aromatic heterocycles. The van der Waals surface area contributed by atoms with Crippen molar-refractivity contribution < 1.29 is 48.5 Å². The summed E-state index contributed by atoms with van der Waals surface area (Å²) in [6.45, 7) is 2.22. The molecule has 4 fully saturated rings. The number of para-hydroxylation sites is 2. The van der Waals surface area contributed by atoms with Crippen LogP contribution in [-0.2, 0) is 28.7 Å². The molecule has 4 aliphatic carbocycles. The van der Waals surface area contributed by atoms with E-state index in [0.29, 0.717) is 73.4 Å². The van der Waals surface area contributed by atoms with E-state index in [1.54, 1.807) is 48.5 Å². The number of carbonyl (C=O) groups excluding carboxylic acids is 6. The Kier molecular flexibility index (Phi) is 14.8. The van der Waals surface area contributed by atoms with Gasteiger partial charge in [-0.05, 0) is 104 Å². The second kappa shape index (κ2) is 20.3. The zero-order valence-electron chi connectivity index (χ0n) is 37.5. The lowest BCUT2D eigenvalue weighted by atomic mass is 9.75. The Morgan fingerprint density at radius 1 is 0.591 bits per heavy atom. The van der Waals surface area contributed by atoms with E-state index >= 15 is 0 Å². The number of hydrogen-bond donors (Lipinski definition) is 5. The van der Waals surface area contributed by atoms with Crippen molar-refractivity contribution in [3.05, 3.63) is 71.8 Å². The zero-order chi connectivity index (χ0) is 46.1. The molecule has 4 bridgehead atoms. The third kappa shape index (κ3) is 9.93. The number of aromatic hydroxyl groups is 2. The molecule has 5 N–H and O–H groups in total. The van der Waals surface area contributed by atoms with Crippen molar-refractivity contribution in [3.63, 3.8) is 0 Å². The van der Waals surface area contributed by atoms with Crippen molar-refractivity contribution >= 4 is 69.8 Å². The SMILES string of the molecule is CN(C)CCCNC(=O)C1C2CC(OC(=O)c3cc(O)nc4ccccc34)C(C2)C1C(=O)NC(=O)C1C2CC(CC2OC(=O)c2cc(O)nc3ccccc23)C1C(=O)NCCCN(C)C.Cl. The Balaban J connectivity index is 0.00000648. The Bertz CT molecular complexity index is 2340. The normalized spacial score (nSPS) is 26.0. The van der Waals surface area contributed by atoms with E-state index in [4.69, 9.17) is 9.47 Å². The van der Waals surface area contributed by atoms with Gasteiger partial charge in [-0.2, -0.15) is 0 Å². The second-order valence-corrected chi connectivity index (χ2v) is 18.6. The van der Waals surface area contributed by atoms with Gasteiger partial charge in [-0.15, -0.1) is 12.4 Å². The summed E-state index contributed by atoms with van der Waals surface area (Å²) in [6.07, 6.45) is 1.22. The topological polar surface area (TPSA) is 230 Å². The average Bonchev–Trinajstić information content (AvgIpc) is 4.06. The lowest BCUT2D eigenvalue weighted by molar-refractivity contribution is -0.147. The first-order valence-corrected chi connectivity index (χ1v) is 22.5. The minimum absolute atomic E-state index is 0. The maximum absolute atomic E-state index is 14.7. The van der Waals surface area contributed by atoms with Crippen LogP contribution in [0, 0.1) is 47.3 Å². The van der Waals surface area contributed by atoms with Gasteiger partial charge >= 0.3 is 11.9 Å². The van der Waals surface area contributed by atoms with E-state index in [0.717, 1.165) is 13.1 Å². The van der Waals surface area contributed by atoms with Crippen LogP contribution in [0.5, 0.6) is 11.8 Å².